The molecule has 0 unspecified atom stereocenters. The fourth-order valence-electron chi connectivity index (χ4n) is 2.12. The standard InChI is InChI=1S/C17H19N3O/c1-12(2)7-13-8-14(10-18)17(19)16(9-13)21-11-15-5-3-4-6-20-15/h3-6,8-9,12H,7,11,19H2,1-2H3. The Labute approximate surface area is 125 Å². The monoisotopic (exact) mass is 281 g/mol. The molecule has 0 saturated heterocycles. The van der Waals surface area contributed by atoms with Crippen molar-refractivity contribution in [3.63, 3.8) is 0 Å². The maximum Gasteiger partial charge on any atom is 0.144 e. The minimum Gasteiger partial charge on any atom is -0.485 e. The SMILES string of the molecule is CC(C)Cc1cc(C#N)c(N)c(OCc2ccccn2)c1. The van der Waals surface area contributed by atoms with Crippen LogP contribution in [0, 0.1) is 17.2 Å². The number of nitrogens with zero attached hydrogens (tertiary/aromatic N) is 2. The molecule has 2 rings (SSSR count). The number of hydrogen-bond donors (Lipinski definition) is 1. The maximum atomic E-state index is 9.19. The lowest BCUT2D eigenvalue weighted by Gasteiger charge is -2.13. The van der Waals surface area contributed by atoms with Gasteiger partial charge < -0.3 is 10.5 Å². The third kappa shape index (κ3) is 3.96. The van der Waals surface area contributed by atoms with Gasteiger partial charge in [-0.15, -0.1) is 0 Å². The molecule has 0 aliphatic carbocycles. The third-order valence-electron chi connectivity index (χ3n) is 3.07. The van der Waals surface area contributed by atoms with Gasteiger partial charge in [0.2, 0.25) is 0 Å². The smallest absolute Gasteiger partial charge is 0.144 e. The highest BCUT2D eigenvalue weighted by Crippen LogP contribution is 2.29. The quantitative estimate of drug-likeness (QED) is 0.853. The van der Waals surface area contributed by atoms with Gasteiger partial charge in [-0.25, -0.2) is 0 Å². The molecule has 2 N–H and O–H groups in total. The van der Waals surface area contributed by atoms with Crippen LogP contribution in [0.15, 0.2) is 36.5 Å². The van der Waals surface area contributed by atoms with Crippen molar-refractivity contribution in [3.05, 3.63) is 53.3 Å². The lowest BCUT2D eigenvalue weighted by Crippen LogP contribution is -2.04. The van der Waals surface area contributed by atoms with Gasteiger partial charge in [0, 0.05) is 6.20 Å². The van der Waals surface area contributed by atoms with Crippen LogP contribution >= 0.6 is 0 Å². The van der Waals surface area contributed by atoms with Gasteiger partial charge in [0.05, 0.1) is 16.9 Å². The van der Waals surface area contributed by atoms with Crippen molar-refractivity contribution in [3.8, 4) is 11.8 Å². The van der Waals surface area contributed by atoms with Gasteiger partial charge in [-0.3, -0.25) is 4.98 Å². The Bertz CT molecular complexity index is 645. The molecule has 0 bridgehead atoms. The molecule has 4 nitrogen and oxygen atoms in total. The molecule has 0 atom stereocenters. The maximum absolute atomic E-state index is 9.19. The van der Waals surface area contributed by atoms with E-state index in [1.807, 2.05) is 30.3 Å². The van der Waals surface area contributed by atoms with Crippen molar-refractivity contribution in [2.24, 2.45) is 5.92 Å². The first-order valence-electron chi connectivity index (χ1n) is 6.95. The van der Waals surface area contributed by atoms with Gasteiger partial charge in [0.15, 0.2) is 0 Å². The van der Waals surface area contributed by atoms with Crippen molar-refractivity contribution in [1.82, 2.24) is 4.98 Å². The number of hydrogen-bond acceptors (Lipinski definition) is 4. The molecule has 0 saturated carbocycles. The molecule has 0 aliphatic heterocycles. The summed E-state index contributed by atoms with van der Waals surface area (Å²) in [6.45, 7) is 4.61. The number of nitrogens with two attached hydrogens (primary N) is 1. The summed E-state index contributed by atoms with van der Waals surface area (Å²) in [4.78, 5) is 4.21. The summed E-state index contributed by atoms with van der Waals surface area (Å²) in [5, 5.41) is 9.19. The van der Waals surface area contributed by atoms with E-state index in [9.17, 15) is 5.26 Å². The summed E-state index contributed by atoms with van der Waals surface area (Å²) in [6, 6.07) is 11.5. The van der Waals surface area contributed by atoms with Crippen molar-refractivity contribution in [2.75, 3.05) is 5.73 Å². The lowest BCUT2D eigenvalue weighted by atomic mass is 10.00. The van der Waals surface area contributed by atoms with Crippen LogP contribution in [0.4, 0.5) is 5.69 Å². The first kappa shape index (κ1) is 14.9. The molecule has 0 amide bonds. The minimum absolute atomic E-state index is 0.334. The number of ether oxygens (including phenoxy) is 1. The Balaban J connectivity index is 2.23. The average molecular weight is 281 g/mol. The lowest BCUT2D eigenvalue weighted by molar-refractivity contribution is 0.302. The zero-order chi connectivity index (χ0) is 15.2. The summed E-state index contributed by atoms with van der Waals surface area (Å²) >= 11 is 0. The average Bonchev–Trinajstić information content (AvgIpc) is 2.48. The zero-order valence-electron chi connectivity index (χ0n) is 12.3. The van der Waals surface area contributed by atoms with Crippen molar-refractivity contribution in [2.45, 2.75) is 26.9 Å². The molecule has 1 aromatic carbocycles. The fraction of sp³-hybridized carbons (Fsp3) is 0.294. The second kappa shape index (κ2) is 6.76. The number of anilines is 1. The number of aromatic nitrogens is 1. The van der Waals surface area contributed by atoms with Crippen molar-refractivity contribution >= 4 is 5.69 Å². The van der Waals surface area contributed by atoms with E-state index >= 15 is 0 Å². The van der Waals surface area contributed by atoms with Crippen LogP contribution in [0.3, 0.4) is 0 Å². The third-order valence-corrected chi connectivity index (χ3v) is 3.07. The van der Waals surface area contributed by atoms with Crippen LogP contribution in [0.5, 0.6) is 5.75 Å². The summed E-state index contributed by atoms with van der Waals surface area (Å²) in [5.74, 6) is 1.05. The molecule has 0 aliphatic rings. The van der Waals surface area contributed by atoms with E-state index in [0.717, 1.165) is 17.7 Å². The van der Waals surface area contributed by atoms with Gasteiger partial charge in [-0.1, -0.05) is 19.9 Å². The van der Waals surface area contributed by atoms with E-state index in [1.54, 1.807) is 6.20 Å². The molecule has 2 aromatic rings. The topological polar surface area (TPSA) is 71.9 Å². The van der Waals surface area contributed by atoms with Gasteiger partial charge in [-0.2, -0.15) is 5.26 Å². The second-order valence-corrected chi connectivity index (χ2v) is 5.37. The van der Waals surface area contributed by atoms with E-state index in [0.29, 0.717) is 29.5 Å². The van der Waals surface area contributed by atoms with Crippen LogP contribution in [-0.4, -0.2) is 4.98 Å². The Kier molecular flexibility index (Phi) is 4.78. The van der Waals surface area contributed by atoms with Crippen LogP contribution in [0.1, 0.15) is 30.7 Å². The van der Waals surface area contributed by atoms with Gasteiger partial charge in [0.1, 0.15) is 18.4 Å². The fourth-order valence-corrected chi connectivity index (χ4v) is 2.12. The van der Waals surface area contributed by atoms with Crippen molar-refractivity contribution in [1.29, 1.82) is 5.26 Å². The number of pyridine rings is 1. The van der Waals surface area contributed by atoms with E-state index < -0.39 is 0 Å². The van der Waals surface area contributed by atoms with Gasteiger partial charge in [0.25, 0.3) is 0 Å². The Morgan fingerprint density at radius 3 is 2.76 bits per heavy atom. The first-order valence-corrected chi connectivity index (χ1v) is 6.95. The highest BCUT2D eigenvalue weighted by atomic mass is 16.5. The molecule has 108 valence electrons. The molecule has 0 spiro atoms. The highest BCUT2D eigenvalue weighted by molar-refractivity contribution is 5.64. The van der Waals surface area contributed by atoms with Crippen LogP contribution in [0.2, 0.25) is 0 Å². The Hall–Kier alpha value is -2.54. The molecule has 1 aromatic heterocycles. The van der Waals surface area contributed by atoms with Crippen LogP contribution in [-0.2, 0) is 13.0 Å². The molecule has 4 heteroatoms. The first-order chi connectivity index (χ1) is 10.1. The second-order valence-electron chi connectivity index (χ2n) is 5.37. The largest absolute Gasteiger partial charge is 0.485 e. The normalized spacial score (nSPS) is 10.4. The van der Waals surface area contributed by atoms with Gasteiger partial charge in [-0.05, 0) is 42.2 Å². The summed E-state index contributed by atoms with van der Waals surface area (Å²) < 4.78 is 5.75. The molecule has 21 heavy (non-hydrogen) atoms. The van der Waals surface area contributed by atoms with Crippen LogP contribution in [0.25, 0.3) is 0 Å². The van der Waals surface area contributed by atoms with Crippen LogP contribution < -0.4 is 10.5 Å². The minimum atomic E-state index is 0.334. The zero-order valence-corrected chi connectivity index (χ0v) is 12.3. The molecule has 0 radical (unpaired) electrons. The van der Waals surface area contributed by atoms with E-state index in [-0.39, 0.29) is 0 Å². The number of nitrogen functional groups attached to an aromatic ring is 1. The number of nitriles is 1. The molecule has 0 fully saturated rings. The number of benzene rings is 1. The Morgan fingerprint density at radius 1 is 1.33 bits per heavy atom. The van der Waals surface area contributed by atoms with E-state index in [2.05, 4.69) is 24.9 Å². The molecule has 1 heterocycles. The Morgan fingerprint density at radius 2 is 2.14 bits per heavy atom. The van der Waals surface area contributed by atoms with Crippen molar-refractivity contribution < 1.29 is 4.74 Å². The summed E-state index contributed by atoms with van der Waals surface area (Å²) in [7, 11) is 0. The summed E-state index contributed by atoms with van der Waals surface area (Å²) in [6.07, 6.45) is 2.60. The van der Waals surface area contributed by atoms with E-state index in [1.165, 1.54) is 0 Å². The predicted molar refractivity (Wildman–Crippen MR) is 82.7 cm³/mol. The summed E-state index contributed by atoms with van der Waals surface area (Å²) in [5.41, 5.74) is 8.73. The predicted octanol–water partition coefficient (Wildman–Crippen LogP) is 3.31. The van der Waals surface area contributed by atoms with Gasteiger partial charge >= 0.3 is 0 Å². The molecular formula is C17H19N3O. The van der Waals surface area contributed by atoms with E-state index in [4.69, 9.17) is 10.5 Å². The molecular weight excluding hydrogens is 262 g/mol. The highest BCUT2D eigenvalue weighted by Gasteiger charge is 2.10. The number of rotatable bonds is 5.